The molecule has 31 heteroatoms. The van der Waals surface area contributed by atoms with Gasteiger partial charge in [0.1, 0.15) is 140 Å². The smallest absolute Gasteiger partial charge is 0.305 e. The topological polar surface area (TPSA) is 481 Å². The zero-order chi connectivity index (χ0) is 51.0. The number of carbonyl (C=O) groups excluding carboxylic acids is 1. The molecule has 70 heavy (non-hydrogen) atoms. The first-order chi connectivity index (χ1) is 33.4. The Balaban J connectivity index is 1.22. The number of carbonyl (C=O) groups is 1. The van der Waals surface area contributed by atoms with Crippen LogP contribution >= 0.6 is 0 Å². The van der Waals surface area contributed by atoms with Crippen molar-refractivity contribution < 1.29 is 153 Å². The van der Waals surface area contributed by atoms with Gasteiger partial charge in [-0.05, 0) is 0 Å². The van der Waals surface area contributed by atoms with Crippen molar-refractivity contribution in [1.82, 2.24) is 0 Å². The van der Waals surface area contributed by atoms with Crippen molar-refractivity contribution in [1.29, 1.82) is 0 Å². The van der Waals surface area contributed by atoms with Gasteiger partial charge in [0.25, 0.3) is 0 Å². The number of hydrogen-bond acceptors (Lipinski definition) is 31. The normalized spacial score (nSPS) is 52.8. The van der Waals surface area contributed by atoms with Crippen LogP contribution in [0.15, 0.2) is 0 Å². The van der Waals surface area contributed by atoms with E-state index in [2.05, 4.69) is 0 Å². The first-order valence-corrected chi connectivity index (χ1v) is 22.5. The molecule has 31 nitrogen and oxygen atoms in total. The van der Waals surface area contributed by atoms with Crippen molar-refractivity contribution in [3.8, 4) is 0 Å². The second-order valence-corrected chi connectivity index (χ2v) is 17.7. The molecule has 22 rings (SSSR count). The van der Waals surface area contributed by atoms with E-state index in [1.165, 1.54) is 6.92 Å². The molecule has 0 aromatic heterocycles. The molecule has 0 radical (unpaired) electrons. The molecule has 406 valence electrons. The van der Waals surface area contributed by atoms with Crippen LogP contribution in [0.1, 0.15) is 13.3 Å². The summed E-state index contributed by atoms with van der Waals surface area (Å²) in [6.45, 7) is -4.71. The number of ether oxygens (including phenoxy) is 13. The van der Waals surface area contributed by atoms with Gasteiger partial charge in [0.2, 0.25) is 0 Å². The Kier molecular flexibility index (Phi) is 19.1. The van der Waals surface area contributed by atoms with E-state index in [-0.39, 0.29) is 6.42 Å². The third kappa shape index (κ3) is 11.0. The van der Waals surface area contributed by atoms with Crippen LogP contribution in [0.25, 0.3) is 0 Å². The molecule has 22 aliphatic heterocycles. The van der Waals surface area contributed by atoms with Crippen molar-refractivity contribution in [3.63, 3.8) is 0 Å². The highest BCUT2D eigenvalue weighted by molar-refractivity contribution is 5.69. The first kappa shape index (κ1) is 56.0. The summed E-state index contributed by atoms with van der Waals surface area (Å²) >= 11 is 0. The Hall–Kier alpha value is -1.69. The van der Waals surface area contributed by atoms with Crippen molar-refractivity contribution in [2.24, 2.45) is 0 Å². The number of rotatable bonds is 8. The van der Waals surface area contributed by atoms with Crippen molar-refractivity contribution in [2.45, 2.75) is 198 Å². The summed E-state index contributed by atoms with van der Waals surface area (Å²) in [5.74, 6) is -0.966. The standard InChI is InChI=1S/C39H64O31/c1-2-15(46)64-33-26(57)39-63-14(8-45)32(33)70-38-25(56)20(51)30(12(6-43)62-38)68-36-23(54)18(49)28(10(4-41)60-36)66-34-21(52)16(47)27(9(3-40)58-34)65-35-22(53)17(48)29(11(5-42)59-35)67-37-24(55)19(50)31(69-39)13(7-44)61-37/h9-14,16-45,47-57H,2-8H2,1H3/t9-,10-,11-,12-,13-,14-,16-,17-,18-,19-,20-,21-,22-,23-,24-,25-,26-,27-,28-,29-,30-,31-,32+,33-,34-,35-,36-,37-,38-,39-/m1/s1. The van der Waals surface area contributed by atoms with Crippen LogP contribution in [-0.2, 0) is 66.4 Å². The Morgan fingerprint density at radius 1 is 0.314 bits per heavy atom. The minimum atomic E-state index is -2.18. The van der Waals surface area contributed by atoms with Gasteiger partial charge in [-0.25, -0.2) is 0 Å². The van der Waals surface area contributed by atoms with E-state index < -0.39 is 230 Å². The maximum absolute atomic E-state index is 12.8. The Bertz CT molecular complexity index is 1640. The van der Waals surface area contributed by atoms with E-state index in [1.807, 2.05) is 0 Å². The second kappa shape index (κ2) is 23.9. The lowest BCUT2D eigenvalue weighted by atomic mass is 9.94. The highest BCUT2D eigenvalue weighted by atomic mass is 16.8. The highest BCUT2D eigenvalue weighted by Crippen LogP contribution is 2.38. The second-order valence-electron chi connectivity index (χ2n) is 17.7. The van der Waals surface area contributed by atoms with Gasteiger partial charge in [0.05, 0.1) is 39.6 Å². The molecule has 22 aliphatic rings. The van der Waals surface area contributed by atoms with E-state index in [0.29, 0.717) is 0 Å². The number of aliphatic hydroxyl groups is 17. The summed E-state index contributed by atoms with van der Waals surface area (Å²) in [5.41, 5.74) is 0. The monoisotopic (exact) mass is 1030 g/mol. The molecule has 22 saturated heterocycles. The summed E-state index contributed by atoms with van der Waals surface area (Å²) in [5, 5.41) is 187. The zero-order valence-electron chi connectivity index (χ0n) is 37.1. The Morgan fingerprint density at radius 3 is 0.729 bits per heavy atom. The van der Waals surface area contributed by atoms with Gasteiger partial charge < -0.3 is 148 Å². The summed E-state index contributed by atoms with van der Waals surface area (Å²) in [4.78, 5) is 12.8. The van der Waals surface area contributed by atoms with Gasteiger partial charge in [-0.3, -0.25) is 4.79 Å². The van der Waals surface area contributed by atoms with Crippen LogP contribution in [0.3, 0.4) is 0 Å². The lowest BCUT2D eigenvalue weighted by molar-refractivity contribution is -0.404. The Morgan fingerprint density at radius 2 is 0.514 bits per heavy atom. The fourth-order valence-electron chi connectivity index (χ4n) is 9.28. The predicted molar refractivity (Wildman–Crippen MR) is 210 cm³/mol. The fourth-order valence-corrected chi connectivity index (χ4v) is 9.28. The molecule has 22 heterocycles. The summed E-state index contributed by atoms with van der Waals surface area (Å²) < 4.78 is 74.2. The predicted octanol–water partition coefficient (Wildman–Crippen LogP) is -12.1. The maximum atomic E-state index is 12.8. The van der Waals surface area contributed by atoms with Crippen molar-refractivity contribution >= 4 is 5.97 Å². The molecule has 0 spiro atoms. The third-order valence-electron chi connectivity index (χ3n) is 13.2. The van der Waals surface area contributed by atoms with Crippen molar-refractivity contribution in [2.75, 3.05) is 39.6 Å². The molecule has 30 atom stereocenters. The van der Waals surface area contributed by atoms with Crippen LogP contribution in [-0.4, -0.2) is 317 Å². The van der Waals surface area contributed by atoms with Crippen LogP contribution in [0, 0.1) is 0 Å². The van der Waals surface area contributed by atoms with E-state index in [0.717, 1.165) is 0 Å². The van der Waals surface area contributed by atoms with Crippen LogP contribution in [0.2, 0.25) is 0 Å². The van der Waals surface area contributed by atoms with Crippen LogP contribution in [0.4, 0.5) is 0 Å². The minimum absolute atomic E-state index is 0.297. The quantitative estimate of drug-likeness (QED) is 0.100. The number of esters is 1. The number of aliphatic hydroxyl groups excluding tert-OH is 17. The Labute approximate surface area is 396 Å². The molecule has 0 aliphatic carbocycles. The van der Waals surface area contributed by atoms with Crippen LogP contribution < -0.4 is 0 Å². The van der Waals surface area contributed by atoms with Gasteiger partial charge in [0.15, 0.2) is 43.8 Å². The van der Waals surface area contributed by atoms with E-state index in [9.17, 15) is 91.6 Å². The van der Waals surface area contributed by atoms with Gasteiger partial charge >= 0.3 is 5.97 Å². The van der Waals surface area contributed by atoms with Gasteiger partial charge in [-0.2, -0.15) is 0 Å². The maximum Gasteiger partial charge on any atom is 0.305 e. The molecule has 0 amide bonds. The van der Waals surface area contributed by atoms with E-state index in [1.54, 1.807) is 0 Å². The molecule has 0 unspecified atom stereocenters. The summed E-state index contributed by atoms with van der Waals surface area (Å²) in [6, 6.07) is 0. The lowest BCUT2D eigenvalue weighted by Crippen LogP contribution is -2.69. The molecular weight excluding hydrogens is 964 g/mol. The van der Waals surface area contributed by atoms with E-state index in [4.69, 9.17) is 61.6 Å². The summed E-state index contributed by atoms with van der Waals surface area (Å²) in [7, 11) is 0. The molecule has 17 N–H and O–H groups in total. The molecule has 22 fully saturated rings. The average Bonchev–Trinajstić information content (AvgIpc) is 3.35. The highest BCUT2D eigenvalue weighted by Gasteiger charge is 2.59. The summed E-state index contributed by atoms with van der Waals surface area (Å²) in [6.07, 6.45) is -59.2. The first-order valence-electron chi connectivity index (χ1n) is 22.5. The van der Waals surface area contributed by atoms with Crippen molar-refractivity contribution in [3.05, 3.63) is 0 Å². The largest absolute Gasteiger partial charge is 0.456 e. The molecule has 12 bridgehead atoms. The van der Waals surface area contributed by atoms with Gasteiger partial charge in [-0.15, -0.1) is 0 Å². The third-order valence-corrected chi connectivity index (χ3v) is 13.2. The van der Waals surface area contributed by atoms with Gasteiger partial charge in [0, 0.05) is 6.42 Å². The van der Waals surface area contributed by atoms with E-state index >= 15 is 0 Å². The zero-order valence-corrected chi connectivity index (χ0v) is 37.1. The van der Waals surface area contributed by atoms with Gasteiger partial charge in [-0.1, -0.05) is 6.92 Å². The average molecular weight is 1030 g/mol. The molecule has 0 aromatic rings. The van der Waals surface area contributed by atoms with Crippen LogP contribution in [0.5, 0.6) is 0 Å². The molecule has 0 aromatic carbocycles. The number of hydrogen-bond donors (Lipinski definition) is 17. The minimum Gasteiger partial charge on any atom is -0.456 e. The SMILES string of the molecule is CCC(=O)O[C@@H]1[C@@H](O)[C@H]2O[C@H]3[C@H](O)[C@@H](O)[C@@H](O[C@H]4[C@H](O)[C@@H](O)[C@@H](O[C@H]5[C@H](O)[C@@H](O)[C@@H](O[C@H]6[C@H](O)[C@@H](O)[C@@H](O[C@H]7[C@H](O)[C@@H](O)[C@@H](O[C@H]1[C@@H](CO)O2)O[C@@H]7CO)O[C@@H]6CO)O[C@@H]5CO)O[C@@H]4CO)O[C@@H]3CO. The fraction of sp³-hybridized carbons (Fsp3) is 0.974. The lowest BCUT2D eigenvalue weighted by Gasteiger charge is -2.51. The molecular formula is C39H64O31. The molecule has 0 saturated carbocycles.